The van der Waals surface area contributed by atoms with Gasteiger partial charge in [0.15, 0.2) is 0 Å². The number of aromatic nitrogens is 2. The zero-order valence-electron chi connectivity index (χ0n) is 15.5. The Bertz CT molecular complexity index is 906. The van der Waals surface area contributed by atoms with Crippen LogP contribution in [0.5, 0.6) is 0 Å². The number of hydrogen-bond acceptors (Lipinski definition) is 4. The summed E-state index contributed by atoms with van der Waals surface area (Å²) in [4.78, 5) is 19.0. The predicted molar refractivity (Wildman–Crippen MR) is 100 cm³/mol. The van der Waals surface area contributed by atoms with Crippen LogP contribution in [0.1, 0.15) is 31.0 Å². The molecule has 1 N–H and O–H groups in total. The summed E-state index contributed by atoms with van der Waals surface area (Å²) in [5.74, 6) is 0.162. The fourth-order valence-corrected chi connectivity index (χ4v) is 4.56. The average molecular weight is 378 g/mol. The predicted octanol–water partition coefficient (Wildman–Crippen LogP) is 1.36. The van der Waals surface area contributed by atoms with E-state index < -0.39 is 10.0 Å². The Morgan fingerprint density at radius 2 is 2.15 bits per heavy atom. The van der Waals surface area contributed by atoms with E-state index >= 15 is 0 Å². The Morgan fingerprint density at radius 3 is 2.85 bits per heavy atom. The van der Waals surface area contributed by atoms with Crippen LogP contribution in [-0.4, -0.2) is 54.0 Å². The number of nitrogens with zero attached hydrogens (tertiary/aromatic N) is 3. The standard InChI is InChI=1S/C18H26N4O3S/c1-4-6-14-11-21(12-16(14)20-26(3,24)25)17(23)9-15-10-19-18-13(2)7-5-8-22(15)18/h5,7-8,10,14,16,20H,4,6,9,11-12H2,1-3H3/t14-,16-/m1/s1. The van der Waals surface area contributed by atoms with Crippen molar-refractivity contribution in [2.24, 2.45) is 5.92 Å². The molecule has 8 heteroatoms. The van der Waals surface area contributed by atoms with Crippen molar-refractivity contribution in [2.75, 3.05) is 19.3 Å². The maximum absolute atomic E-state index is 12.8. The molecule has 1 aliphatic rings. The van der Waals surface area contributed by atoms with Gasteiger partial charge in [0, 0.05) is 31.5 Å². The minimum Gasteiger partial charge on any atom is -0.340 e. The number of hydrogen-bond donors (Lipinski definition) is 1. The number of amides is 1. The molecule has 26 heavy (non-hydrogen) atoms. The highest BCUT2D eigenvalue weighted by Gasteiger charge is 2.36. The van der Waals surface area contributed by atoms with Gasteiger partial charge in [-0.05, 0) is 30.9 Å². The highest BCUT2D eigenvalue weighted by atomic mass is 32.2. The summed E-state index contributed by atoms with van der Waals surface area (Å²) in [6.07, 6.45) is 6.94. The number of imidazole rings is 1. The van der Waals surface area contributed by atoms with Crippen molar-refractivity contribution in [3.8, 4) is 0 Å². The van der Waals surface area contributed by atoms with Crippen LogP contribution in [0.25, 0.3) is 5.65 Å². The normalized spacial score (nSPS) is 20.8. The van der Waals surface area contributed by atoms with E-state index in [1.54, 1.807) is 11.1 Å². The molecule has 0 unspecified atom stereocenters. The Morgan fingerprint density at radius 1 is 1.38 bits per heavy atom. The maximum Gasteiger partial charge on any atom is 0.228 e. The van der Waals surface area contributed by atoms with Gasteiger partial charge in [0.1, 0.15) is 5.65 Å². The molecule has 2 atom stereocenters. The number of likely N-dealkylation sites (tertiary alicyclic amines) is 1. The lowest BCUT2D eigenvalue weighted by molar-refractivity contribution is -0.129. The van der Waals surface area contributed by atoms with E-state index in [1.165, 1.54) is 6.26 Å². The molecule has 1 amide bonds. The van der Waals surface area contributed by atoms with E-state index in [9.17, 15) is 13.2 Å². The van der Waals surface area contributed by atoms with Gasteiger partial charge in [-0.15, -0.1) is 0 Å². The number of carbonyl (C=O) groups excluding carboxylic acids is 1. The second-order valence-corrected chi connectivity index (χ2v) is 8.94. The quantitative estimate of drug-likeness (QED) is 0.823. The Balaban J connectivity index is 1.74. The largest absolute Gasteiger partial charge is 0.340 e. The molecule has 0 aliphatic carbocycles. The highest BCUT2D eigenvalue weighted by molar-refractivity contribution is 7.88. The zero-order valence-corrected chi connectivity index (χ0v) is 16.3. The van der Waals surface area contributed by atoms with E-state index in [0.717, 1.165) is 29.7 Å². The van der Waals surface area contributed by atoms with Gasteiger partial charge in [0.05, 0.1) is 18.4 Å². The third kappa shape index (κ3) is 4.07. The van der Waals surface area contributed by atoms with E-state index in [2.05, 4.69) is 16.6 Å². The minimum absolute atomic E-state index is 0.00668. The number of sulfonamides is 1. The van der Waals surface area contributed by atoms with Crippen LogP contribution >= 0.6 is 0 Å². The molecule has 2 aromatic rings. The van der Waals surface area contributed by atoms with Gasteiger partial charge in [-0.1, -0.05) is 19.4 Å². The van der Waals surface area contributed by atoms with Crippen molar-refractivity contribution in [2.45, 2.75) is 39.2 Å². The lowest BCUT2D eigenvalue weighted by Gasteiger charge is -2.17. The second kappa shape index (κ2) is 7.36. The van der Waals surface area contributed by atoms with Crippen molar-refractivity contribution in [1.29, 1.82) is 0 Å². The molecule has 0 radical (unpaired) electrons. The van der Waals surface area contributed by atoms with Gasteiger partial charge >= 0.3 is 0 Å². The van der Waals surface area contributed by atoms with Gasteiger partial charge in [0.25, 0.3) is 0 Å². The van der Waals surface area contributed by atoms with Crippen molar-refractivity contribution >= 4 is 21.6 Å². The summed E-state index contributed by atoms with van der Waals surface area (Å²) in [5.41, 5.74) is 2.77. The first-order valence-corrected chi connectivity index (χ1v) is 10.8. The number of fused-ring (bicyclic) bond motifs is 1. The topological polar surface area (TPSA) is 83.8 Å². The van der Waals surface area contributed by atoms with Gasteiger partial charge in [-0.25, -0.2) is 18.1 Å². The van der Waals surface area contributed by atoms with E-state index in [1.807, 2.05) is 29.7 Å². The average Bonchev–Trinajstić information content (AvgIpc) is 3.12. The van der Waals surface area contributed by atoms with Gasteiger partial charge in [-0.3, -0.25) is 4.79 Å². The molecule has 0 spiro atoms. The van der Waals surface area contributed by atoms with Crippen LogP contribution in [0.15, 0.2) is 24.5 Å². The molecule has 0 aromatic carbocycles. The molecular formula is C18H26N4O3S. The number of nitrogens with one attached hydrogen (secondary N) is 1. The van der Waals surface area contributed by atoms with Gasteiger partial charge in [0.2, 0.25) is 15.9 Å². The summed E-state index contributed by atoms with van der Waals surface area (Å²) < 4.78 is 27.9. The first-order chi connectivity index (χ1) is 12.3. The van der Waals surface area contributed by atoms with E-state index in [0.29, 0.717) is 13.1 Å². The fraction of sp³-hybridized carbons (Fsp3) is 0.556. The van der Waals surface area contributed by atoms with Gasteiger partial charge in [-0.2, -0.15) is 0 Å². The van der Waals surface area contributed by atoms with Crippen LogP contribution in [0.2, 0.25) is 0 Å². The first-order valence-electron chi connectivity index (χ1n) is 8.95. The van der Waals surface area contributed by atoms with Crippen LogP contribution < -0.4 is 4.72 Å². The van der Waals surface area contributed by atoms with Crippen molar-refractivity contribution in [3.63, 3.8) is 0 Å². The lowest BCUT2D eigenvalue weighted by Crippen LogP contribution is -2.40. The molecule has 1 saturated heterocycles. The smallest absolute Gasteiger partial charge is 0.228 e. The number of pyridine rings is 1. The fourth-order valence-electron chi connectivity index (χ4n) is 3.75. The molecular weight excluding hydrogens is 352 g/mol. The van der Waals surface area contributed by atoms with Crippen LogP contribution in [0, 0.1) is 12.8 Å². The summed E-state index contributed by atoms with van der Waals surface area (Å²) in [7, 11) is -3.29. The first kappa shape index (κ1) is 18.8. The van der Waals surface area contributed by atoms with Crippen molar-refractivity contribution in [3.05, 3.63) is 35.8 Å². The number of carbonyl (C=O) groups is 1. The third-order valence-electron chi connectivity index (χ3n) is 4.96. The summed E-state index contributed by atoms with van der Waals surface area (Å²) in [6.45, 7) is 5.08. The summed E-state index contributed by atoms with van der Waals surface area (Å²) >= 11 is 0. The Hall–Kier alpha value is -1.93. The van der Waals surface area contributed by atoms with Crippen LogP contribution in [0.4, 0.5) is 0 Å². The molecule has 0 bridgehead atoms. The molecule has 1 fully saturated rings. The number of aryl methyl sites for hydroxylation is 1. The Labute approximate surface area is 154 Å². The Kier molecular flexibility index (Phi) is 5.34. The lowest BCUT2D eigenvalue weighted by atomic mass is 9.99. The monoisotopic (exact) mass is 378 g/mol. The molecule has 7 nitrogen and oxygen atoms in total. The summed E-state index contributed by atoms with van der Waals surface area (Å²) in [5, 5.41) is 0. The highest BCUT2D eigenvalue weighted by Crippen LogP contribution is 2.23. The second-order valence-electron chi connectivity index (χ2n) is 7.16. The molecule has 3 heterocycles. The van der Waals surface area contributed by atoms with Crippen molar-refractivity contribution in [1.82, 2.24) is 19.0 Å². The third-order valence-corrected chi connectivity index (χ3v) is 5.69. The SMILES string of the molecule is CCC[C@@H]1CN(C(=O)Cc2cnc3c(C)cccn23)C[C@H]1NS(C)(=O)=O. The molecule has 3 rings (SSSR count). The van der Waals surface area contributed by atoms with Crippen LogP contribution in [-0.2, 0) is 21.2 Å². The van der Waals surface area contributed by atoms with Crippen molar-refractivity contribution < 1.29 is 13.2 Å². The molecule has 0 saturated carbocycles. The van der Waals surface area contributed by atoms with Gasteiger partial charge < -0.3 is 9.30 Å². The minimum atomic E-state index is -3.29. The molecule has 142 valence electrons. The summed E-state index contributed by atoms with van der Waals surface area (Å²) in [6, 6.07) is 3.72. The van der Waals surface area contributed by atoms with E-state index in [4.69, 9.17) is 0 Å². The molecule has 1 aliphatic heterocycles. The molecule has 2 aromatic heterocycles. The maximum atomic E-state index is 12.8. The van der Waals surface area contributed by atoms with Crippen LogP contribution in [0.3, 0.4) is 0 Å². The van der Waals surface area contributed by atoms with E-state index in [-0.39, 0.29) is 24.3 Å². The number of rotatable bonds is 6. The zero-order chi connectivity index (χ0) is 18.9.